The maximum absolute atomic E-state index is 13.1. The number of fused-ring (bicyclic) bond motifs is 1. The zero-order valence-corrected chi connectivity index (χ0v) is 26.2. The maximum atomic E-state index is 13.1. The number of benzene rings is 3. The van der Waals surface area contributed by atoms with Gasteiger partial charge in [-0.05, 0) is 61.0 Å². The molecule has 0 saturated carbocycles. The number of halogens is 1. The van der Waals surface area contributed by atoms with Crippen molar-refractivity contribution in [3.05, 3.63) is 76.8 Å². The second kappa shape index (κ2) is 16.2. The summed E-state index contributed by atoms with van der Waals surface area (Å²) in [7, 11) is 0. The van der Waals surface area contributed by atoms with Gasteiger partial charge >= 0.3 is 0 Å². The molecule has 5 rings (SSSR count). The first-order valence-corrected chi connectivity index (χ1v) is 15.4. The summed E-state index contributed by atoms with van der Waals surface area (Å²) < 4.78 is 33.8. The van der Waals surface area contributed by atoms with Crippen LogP contribution in [0.5, 0.6) is 23.0 Å². The lowest BCUT2D eigenvalue weighted by molar-refractivity contribution is -0.136. The third-order valence-electron chi connectivity index (χ3n) is 7.18. The number of imide groups is 2. The molecule has 3 aromatic rings. The van der Waals surface area contributed by atoms with Crippen LogP contribution in [-0.2, 0) is 23.8 Å². The maximum Gasteiger partial charge on any atom is 0.266 e. The second-order valence-electron chi connectivity index (χ2n) is 10.4. The number of nitrogens with two attached hydrogens (primary N) is 1. The number of carbonyl (C=O) groups excluding carboxylic acids is 4. The van der Waals surface area contributed by atoms with E-state index in [2.05, 4.69) is 5.32 Å². The number of anilines is 1. The Kier molecular flexibility index (Phi) is 11.6. The Labute approximate surface area is 275 Å². The van der Waals surface area contributed by atoms with Crippen molar-refractivity contribution in [3.63, 3.8) is 0 Å². The van der Waals surface area contributed by atoms with E-state index < -0.39 is 29.7 Å². The molecule has 4 amide bonds. The molecule has 0 spiro atoms. The molecule has 1 saturated heterocycles. The number of nitrogens with zero attached hydrogens (tertiary/aromatic N) is 1. The summed E-state index contributed by atoms with van der Waals surface area (Å²) in [6.45, 7) is 2.56. The van der Waals surface area contributed by atoms with E-state index in [1.54, 1.807) is 54.6 Å². The first-order valence-electron chi connectivity index (χ1n) is 15.0. The van der Waals surface area contributed by atoms with Gasteiger partial charge in [-0.1, -0.05) is 17.7 Å². The van der Waals surface area contributed by atoms with Crippen LogP contribution < -0.4 is 25.3 Å². The Hall–Kier alpha value is -4.69. The van der Waals surface area contributed by atoms with Crippen LogP contribution in [0.2, 0.25) is 5.02 Å². The van der Waals surface area contributed by atoms with Crippen molar-refractivity contribution >= 4 is 40.9 Å². The molecular formula is C33H34ClN3O10. The molecule has 3 aromatic carbocycles. The van der Waals surface area contributed by atoms with Crippen LogP contribution in [0, 0.1) is 0 Å². The fraction of sp³-hybridized carbons (Fsp3) is 0.333. The van der Waals surface area contributed by atoms with Crippen LogP contribution in [0.3, 0.4) is 0 Å². The zero-order valence-electron chi connectivity index (χ0n) is 25.4. The minimum atomic E-state index is -1.04. The molecular weight excluding hydrogens is 634 g/mol. The van der Waals surface area contributed by atoms with Gasteiger partial charge in [-0.15, -0.1) is 0 Å². The first kappa shape index (κ1) is 33.7. The van der Waals surface area contributed by atoms with Crippen molar-refractivity contribution in [2.24, 2.45) is 0 Å². The van der Waals surface area contributed by atoms with Gasteiger partial charge in [-0.3, -0.25) is 29.4 Å². The largest absolute Gasteiger partial charge is 0.491 e. The fourth-order valence-electron chi connectivity index (χ4n) is 4.92. The molecule has 1 atom stereocenters. The first-order chi connectivity index (χ1) is 22.8. The molecule has 1 fully saturated rings. The number of amides is 4. The lowest BCUT2D eigenvalue weighted by Crippen LogP contribution is -2.54. The Morgan fingerprint density at radius 1 is 0.745 bits per heavy atom. The Morgan fingerprint density at radius 2 is 1.38 bits per heavy atom. The summed E-state index contributed by atoms with van der Waals surface area (Å²) >= 11 is 5.92. The summed E-state index contributed by atoms with van der Waals surface area (Å²) in [5.41, 5.74) is 6.62. The van der Waals surface area contributed by atoms with E-state index in [1.165, 1.54) is 6.07 Å². The monoisotopic (exact) mass is 667 g/mol. The Bertz CT molecular complexity index is 1600. The number of nitrogen functional groups attached to an aromatic ring is 1. The zero-order chi connectivity index (χ0) is 33.2. The lowest BCUT2D eigenvalue weighted by atomic mass is 10.0. The normalized spacial score (nSPS) is 15.9. The minimum absolute atomic E-state index is 0.0491. The highest BCUT2D eigenvalue weighted by molar-refractivity contribution is 6.31. The molecule has 1 unspecified atom stereocenters. The molecule has 0 aliphatic carbocycles. The topological polar surface area (TPSA) is 165 Å². The van der Waals surface area contributed by atoms with Crippen molar-refractivity contribution in [2.45, 2.75) is 18.9 Å². The average molecular weight is 668 g/mol. The van der Waals surface area contributed by atoms with E-state index in [0.717, 1.165) is 4.90 Å². The molecule has 2 heterocycles. The van der Waals surface area contributed by atoms with Crippen molar-refractivity contribution in [3.8, 4) is 23.0 Å². The predicted molar refractivity (Wildman–Crippen MR) is 169 cm³/mol. The molecule has 0 radical (unpaired) electrons. The van der Waals surface area contributed by atoms with Crippen LogP contribution >= 0.6 is 11.6 Å². The van der Waals surface area contributed by atoms with Gasteiger partial charge in [0.25, 0.3) is 11.8 Å². The summed E-state index contributed by atoms with van der Waals surface area (Å²) in [6, 6.07) is 15.8. The van der Waals surface area contributed by atoms with Crippen LogP contribution in [0.1, 0.15) is 33.6 Å². The van der Waals surface area contributed by atoms with E-state index in [-0.39, 0.29) is 42.9 Å². The van der Waals surface area contributed by atoms with Gasteiger partial charge in [-0.2, -0.15) is 0 Å². The van der Waals surface area contributed by atoms with Gasteiger partial charge in [0, 0.05) is 11.4 Å². The molecule has 0 aromatic heterocycles. The van der Waals surface area contributed by atoms with E-state index in [4.69, 9.17) is 45.8 Å². The van der Waals surface area contributed by atoms with E-state index in [9.17, 15) is 19.2 Å². The highest BCUT2D eigenvalue weighted by Gasteiger charge is 2.46. The SMILES string of the molecule is Nc1cc(Cl)ccc1Oc1ccc(OCCOCCOCCOCCOc2cccc3c2C(=O)N(C2CCC(=O)NC2=O)C3=O)cc1. The third-order valence-corrected chi connectivity index (χ3v) is 7.41. The highest BCUT2D eigenvalue weighted by atomic mass is 35.5. The van der Waals surface area contributed by atoms with E-state index in [1.807, 2.05) is 0 Å². The van der Waals surface area contributed by atoms with Crippen molar-refractivity contribution in [1.29, 1.82) is 0 Å². The van der Waals surface area contributed by atoms with Gasteiger partial charge in [0.15, 0.2) is 0 Å². The molecule has 248 valence electrons. The number of carbonyl (C=O) groups is 4. The van der Waals surface area contributed by atoms with E-state index >= 15 is 0 Å². The number of nitrogens with one attached hydrogen (secondary N) is 1. The summed E-state index contributed by atoms with van der Waals surface area (Å²) in [5.74, 6) is -0.276. The molecule has 3 N–H and O–H groups in total. The standard InChI is InChI=1S/C33H34ClN3O10/c34-21-4-10-27(25(35)20-21)47-23-7-5-22(6-8-23)45-18-16-43-14-12-42-13-15-44-17-19-46-28-3-1-2-24-30(28)33(41)37(32(24)40)26-9-11-29(38)36-31(26)39/h1-8,10,20,26H,9,11-19,35H2,(H,36,38,39). The van der Waals surface area contributed by atoms with E-state index in [0.29, 0.717) is 67.6 Å². The number of hydrogen-bond acceptors (Lipinski definition) is 11. The van der Waals surface area contributed by atoms with Crippen LogP contribution in [0.25, 0.3) is 0 Å². The quantitative estimate of drug-likeness (QED) is 0.123. The van der Waals surface area contributed by atoms with Crippen LogP contribution in [0.15, 0.2) is 60.7 Å². The van der Waals surface area contributed by atoms with Gasteiger partial charge < -0.3 is 34.2 Å². The second-order valence-corrected chi connectivity index (χ2v) is 10.9. The smallest absolute Gasteiger partial charge is 0.266 e. The molecule has 47 heavy (non-hydrogen) atoms. The van der Waals surface area contributed by atoms with Crippen LogP contribution in [0.4, 0.5) is 5.69 Å². The minimum Gasteiger partial charge on any atom is -0.491 e. The average Bonchev–Trinajstić information content (AvgIpc) is 3.31. The van der Waals surface area contributed by atoms with Gasteiger partial charge in [0.2, 0.25) is 11.8 Å². The van der Waals surface area contributed by atoms with Crippen LogP contribution in [-0.4, -0.2) is 87.4 Å². The highest BCUT2D eigenvalue weighted by Crippen LogP contribution is 2.34. The Morgan fingerprint density at radius 3 is 2.04 bits per heavy atom. The number of piperidine rings is 1. The number of rotatable bonds is 17. The third kappa shape index (κ3) is 8.77. The fourth-order valence-corrected chi connectivity index (χ4v) is 5.10. The number of hydrogen-bond donors (Lipinski definition) is 2. The summed E-state index contributed by atoms with van der Waals surface area (Å²) in [4.78, 5) is 50.7. The van der Waals surface area contributed by atoms with Gasteiger partial charge in [0.1, 0.15) is 42.3 Å². The van der Waals surface area contributed by atoms with Crippen molar-refractivity contribution in [1.82, 2.24) is 10.2 Å². The molecule has 0 bridgehead atoms. The predicted octanol–water partition coefficient (Wildman–Crippen LogP) is 3.62. The molecule has 2 aliphatic heterocycles. The summed E-state index contributed by atoms with van der Waals surface area (Å²) in [6.07, 6.45) is 0.131. The van der Waals surface area contributed by atoms with Gasteiger partial charge in [0.05, 0.1) is 56.5 Å². The van der Waals surface area contributed by atoms with Crippen molar-refractivity contribution < 1.29 is 47.6 Å². The van der Waals surface area contributed by atoms with Crippen molar-refractivity contribution in [2.75, 3.05) is 58.6 Å². The van der Waals surface area contributed by atoms with Gasteiger partial charge in [-0.25, -0.2) is 0 Å². The summed E-state index contributed by atoms with van der Waals surface area (Å²) in [5, 5.41) is 2.72. The molecule has 13 nitrogen and oxygen atoms in total. The Balaban J connectivity index is 0.901. The molecule has 2 aliphatic rings. The lowest BCUT2D eigenvalue weighted by Gasteiger charge is -2.27. The molecule has 14 heteroatoms. The number of ether oxygens (including phenoxy) is 6.